The molecular formula is C16H10Cl2F9NO2S. The van der Waals surface area contributed by atoms with E-state index in [1.807, 2.05) is 0 Å². The normalized spacial score (nSPS) is 14.9. The van der Waals surface area contributed by atoms with E-state index in [0.29, 0.717) is 6.08 Å². The fourth-order valence-corrected chi connectivity index (χ4v) is 3.52. The minimum atomic E-state index is -5.35. The Morgan fingerprint density at radius 2 is 1.42 bits per heavy atom. The van der Waals surface area contributed by atoms with Gasteiger partial charge in [0.15, 0.2) is 0 Å². The number of hydrogen-bond donors (Lipinski definition) is 1. The molecule has 174 valence electrons. The third-order valence-electron chi connectivity index (χ3n) is 3.34. The SMILES string of the molecule is C=C/C(Cl)=C(\C=C(/CCl)NS(=O)(=O)c1cc(C(F)(F)F)cc(C(F)(F)F)c1)C(F)(F)F. The summed E-state index contributed by atoms with van der Waals surface area (Å²) in [6.07, 6.45) is -15.1. The number of halogens is 11. The molecular weight excluding hydrogens is 512 g/mol. The van der Waals surface area contributed by atoms with E-state index < -0.39 is 66.8 Å². The first-order chi connectivity index (χ1) is 13.8. The predicted molar refractivity (Wildman–Crippen MR) is 94.7 cm³/mol. The monoisotopic (exact) mass is 521 g/mol. The first-order valence-corrected chi connectivity index (χ1v) is 9.90. The summed E-state index contributed by atoms with van der Waals surface area (Å²) in [4.78, 5) is -1.50. The van der Waals surface area contributed by atoms with Crippen molar-refractivity contribution in [1.82, 2.24) is 4.72 Å². The summed E-state index contributed by atoms with van der Waals surface area (Å²) in [6.45, 7) is 3.01. The predicted octanol–water partition coefficient (Wildman–Crippen LogP) is 6.37. The van der Waals surface area contributed by atoms with Gasteiger partial charge in [-0.2, -0.15) is 39.5 Å². The third kappa shape index (κ3) is 7.35. The van der Waals surface area contributed by atoms with Crippen molar-refractivity contribution in [1.29, 1.82) is 0 Å². The third-order valence-corrected chi connectivity index (χ3v) is 5.37. The van der Waals surface area contributed by atoms with Crippen molar-refractivity contribution in [2.45, 2.75) is 23.4 Å². The number of sulfonamides is 1. The zero-order valence-electron chi connectivity index (χ0n) is 14.7. The Hall–Kier alpha value is -1.86. The van der Waals surface area contributed by atoms with Crippen molar-refractivity contribution in [2.75, 3.05) is 5.88 Å². The molecule has 0 heterocycles. The van der Waals surface area contributed by atoms with Gasteiger partial charge in [-0.1, -0.05) is 24.3 Å². The van der Waals surface area contributed by atoms with Crippen LogP contribution in [-0.2, 0) is 22.4 Å². The van der Waals surface area contributed by atoms with E-state index in [4.69, 9.17) is 23.2 Å². The van der Waals surface area contributed by atoms with Gasteiger partial charge in [0, 0.05) is 5.70 Å². The van der Waals surface area contributed by atoms with Gasteiger partial charge in [-0.05, 0) is 24.3 Å². The minimum Gasteiger partial charge on any atom is -0.282 e. The molecule has 1 rings (SSSR count). The van der Waals surface area contributed by atoms with Crippen LogP contribution in [0.2, 0.25) is 0 Å². The number of rotatable bonds is 6. The maximum atomic E-state index is 13.1. The molecule has 0 unspecified atom stereocenters. The van der Waals surface area contributed by atoms with Gasteiger partial charge in [-0.3, -0.25) is 4.72 Å². The van der Waals surface area contributed by atoms with E-state index in [1.165, 1.54) is 4.72 Å². The number of allylic oxidation sites excluding steroid dienone is 5. The summed E-state index contributed by atoms with van der Waals surface area (Å²) in [5.74, 6) is -0.953. The van der Waals surface area contributed by atoms with Gasteiger partial charge in [-0.25, -0.2) is 8.42 Å². The topological polar surface area (TPSA) is 46.2 Å². The van der Waals surface area contributed by atoms with Crippen LogP contribution in [-0.4, -0.2) is 20.5 Å². The summed E-state index contributed by atoms with van der Waals surface area (Å²) >= 11 is 10.8. The molecule has 0 fully saturated rings. The second-order valence-corrected chi connectivity index (χ2v) is 7.97. The first-order valence-electron chi connectivity index (χ1n) is 7.51. The van der Waals surface area contributed by atoms with E-state index in [0.717, 1.165) is 0 Å². The molecule has 0 aromatic heterocycles. The molecule has 0 aliphatic heterocycles. The van der Waals surface area contributed by atoms with Gasteiger partial charge >= 0.3 is 18.5 Å². The standard InChI is InChI=1S/C16H10Cl2F9NO2S/c1-2-13(18)12(16(25,26)27)6-10(7-17)28-31(29,30)11-4-8(14(19,20)21)3-9(5-11)15(22,23)24/h2-6,28H,1,7H2/b10-6+,13-12-. The molecule has 1 aromatic rings. The maximum Gasteiger partial charge on any atom is 0.417 e. The van der Waals surface area contributed by atoms with Crippen LogP contribution in [0.4, 0.5) is 39.5 Å². The smallest absolute Gasteiger partial charge is 0.282 e. The molecule has 0 amide bonds. The molecule has 0 aliphatic carbocycles. The second kappa shape index (κ2) is 9.33. The molecule has 0 radical (unpaired) electrons. The van der Waals surface area contributed by atoms with Crippen LogP contribution in [0.5, 0.6) is 0 Å². The summed E-state index contributed by atoms with van der Waals surface area (Å²) < 4.78 is 143. The van der Waals surface area contributed by atoms with E-state index in [2.05, 4.69) is 6.58 Å². The van der Waals surface area contributed by atoms with Crippen LogP contribution in [0.25, 0.3) is 0 Å². The summed E-state index contributed by atoms with van der Waals surface area (Å²) in [5, 5.41) is -0.965. The molecule has 15 heteroatoms. The van der Waals surface area contributed by atoms with Crippen LogP contribution in [0.3, 0.4) is 0 Å². The second-order valence-electron chi connectivity index (χ2n) is 5.61. The number of hydrogen-bond acceptors (Lipinski definition) is 2. The lowest BCUT2D eigenvalue weighted by Crippen LogP contribution is -2.26. The highest BCUT2D eigenvalue weighted by Gasteiger charge is 2.39. The number of alkyl halides is 10. The van der Waals surface area contributed by atoms with Crippen LogP contribution in [0.15, 0.2) is 58.1 Å². The van der Waals surface area contributed by atoms with E-state index >= 15 is 0 Å². The van der Waals surface area contributed by atoms with Crippen LogP contribution in [0, 0.1) is 0 Å². The maximum absolute atomic E-state index is 13.1. The van der Waals surface area contributed by atoms with E-state index in [-0.39, 0.29) is 24.3 Å². The van der Waals surface area contributed by atoms with Crippen LogP contribution >= 0.6 is 23.2 Å². The molecule has 3 nitrogen and oxygen atoms in total. The quantitative estimate of drug-likeness (QED) is 0.268. The Morgan fingerprint density at radius 1 is 0.968 bits per heavy atom. The summed E-state index contributed by atoms with van der Waals surface area (Å²) in [5.41, 5.74) is -6.42. The Balaban J connectivity index is 3.62. The molecule has 31 heavy (non-hydrogen) atoms. The van der Waals surface area contributed by atoms with Gasteiger partial charge in [-0.15, -0.1) is 11.6 Å². The molecule has 0 saturated heterocycles. The highest BCUT2D eigenvalue weighted by atomic mass is 35.5. The Bertz CT molecular complexity index is 975. The van der Waals surface area contributed by atoms with Crippen molar-refractivity contribution in [3.05, 3.63) is 64.4 Å². The molecule has 0 bridgehead atoms. The van der Waals surface area contributed by atoms with Crippen LogP contribution in [0.1, 0.15) is 11.1 Å². The first kappa shape index (κ1) is 27.2. The van der Waals surface area contributed by atoms with Gasteiger partial charge in [0.05, 0.1) is 32.5 Å². The lowest BCUT2D eigenvalue weighted by Gasteiger charge is -2.16. The molecule has 0 spiro atoms. The van der Waals surface area contributed by atoms with Crippen molar-refractivity contribution < 1.29 is 47.9 Å². The molecule has 1 N–H and O–H groups in total. The summed E-state index contributed by atoms with van der Waals surface area (Å²) in [6, 6.07) is -0.535. The van der Waals surface area contributed by atoms with Gasteiger partial charge in [0.25, 0.3) is 10.0 Å². The molecule has 1 aromatic carbocycles. The van der Waals surface area contributed by atoms with Gasteiger partial charge in [0.1, 0.15) is 0 Å². The van der Waals surface area contributed by atoms with Gasteiger partial charge < -0.3 is 0 Å². The molecule has 0 saturated carbocycles. The largest absolute Gasteiger partial charge is 0.417 e. The number of benzene rings is 1. The lowest BCUT2D eigenvalue weighted by atomic mass is 10.1. The Morgan fingerprint density at radius 3 is 1.74 bits per heavy atom. The van der Waals surface area contributed by atoms with Crippen LogP contribution < -0.4 is 4.72 Å². The van der Waals surface area contributed by atoms with E-state index in [1.54, 1.807) is 0 Å². The molecule has 0 atom stereocenters. The average molecular weight is 522 g/mol. The van der Waals surface area contributed by atoms with Crippen molar-refractivity contribution in [3.63, 3.8) is 0 Å². The van der Waals surface area contributed by atoms with Crippen molar-refractivity contribution >= 4 is 33.2 Å². The fourth-order valence-electron chi connectivity index (χ4n) is 1.98. The highest BCUT2D eigenvalue weighted by Crippen LogP contribution is 2.37. The van der Waals surface area contributed by atoms with Crippen molar-refractivity contribution in [2.24, 2.45) is 0 Å². The molecule has 0 aliphatic rings. The fraction of sp³-hybridized carbons (Fsp3) is 0.250. The Labute approximate surface area is 179 Å². The van der Waals surface area contributed by atoms with Crippen molar-refractivity contribution in [3.8, 4) is 0 Å². The lowest BCUT2D eigenvalue weighted by molar-refractivity contribution is -0.143. The zero-order chi connectivity index (χ0) is 24.4. The average Bonchev–Trinajstić information content (AvgIpc) is 2.61. The zero-order valence-corrected chi connectivity index (χ0v) is 17.0. The minimum absolute atomic E-state index is 0.110. The number of nitrogens with one attached hydrogen (secondary N) is 1. The van der Waals surface area contributed by atoms with Gasteiger partial charge in [0.2, 0.25) is 0 Å². The highest BCUT2D eigenvalue weighted by molar-refractivity contribution is 7.89. The van der Waals surface area contributed by atoms with E-state index in [9.17, 15) is 47.9 Å². The summed E-state index contributed by atoms with van der Waals surface area (Å²) in [7, 11) is -5.22. The Kier molecular flexibility index (Phi) is 8.18.